The fourth-order valence-electron chi connectivity index (χ4n) is 3.22. The van der Waals surface area contributed by atoms with Gasteiger partial charge in [-0.15, -0.1) is 0 Å². The summed E-state index contributed by atoms with van der Waals surface area (Å²) in [5.74, 6) is -1.79. The van der Waals surface area contributed by atoms with Crippen LogP contribution in [0.3, 0.4) is 0 Å². The van der Waals surface area contributed by atoms with Crippen molar-refractivity contribution in [2.75, 3.05) is 11.9 Å². The Bertz CT molecular complexity index is 855. The van der Waals surface area contributed by atoms with E-state index in [0.29, 0.717) is 12.5 Å². The molecule has 2 aromatic heterocycles. The van der Waals surface area contributed by atoms with Crippen molar-refractivity contribution in [2.24, 2.45) is 11.7 Å². The van der Waals surface area contributed by atoms with Gasteiger partial charge >= 0.3 is 11.8 Å². The van der Waals surface area contributed by atoms with E-state index in [1.165, 1.54) is 18.5 Å². The predicted octanol–water partition coefficient (Wildman–Crippen LogP) is 1.51. The number of primary amides is 1. The van der Waals surface area contributed by atoms with Crippen LogP contribution < -0.4 is 11.1 Å². The average molecular weight is 367 g/mol. The van der Waals surface area contributed by atoms with Crippen LogP contribution >= 0.6 is 0 Å². The summed E-state index contributed by atoms with van der Waals surface area (Å²) < 4.78 is 0. The first-order valence-electron chi connectivity index (χ1n) is 8.73. The van der Waals surface area contributed by atoms with Crippen LogP contribution in [0.25, 0.3) is 0 Å². The number of nitrogens with zero attached hydrogens (tertiary/aromatic N) is 3. The summed E-state index contributed by atoms with van der Waals surface area (Å²) in [4.78, 5) is 46.3. The molecule has 2 atom stereocenters. The third kappa shape index (κ3) is 4.28. The summed E-state index contributed by atoms with van der Waals surface area (Å²) in [5, 5.41) is 2.50. The van der Waals surface area contributed by atoms with E-state index in [1.807, 2.05) is 25.1 Å². The number of aromatic nitrogens is 2. The van der Waals surface area contributed by atoms with Crippen molar-refractivity contribution < 1.29 is 14.4 Å². The molecule has 1 aliphatic rings. The third-order valence-corrected chi connectivity index (χ3v) is 4.58. The van der Waals surface area contributed by atoms with Crippen molar-refractivity contribution in [3.05, 3.63) is 54.1 Å². The maximum Gasteiger partial charge on any atom is 0.313 e. The Kier molecular flexibility index (Phi) is 5.44. The molecule has 1 aliphatic heterocycles. The first-order valence-corrected chi connectivity index (χ1v) is 8.73. The van der Waals surface area contributed by atoms with Crippen LogP contribution in [0.1, 0.15) is 41.9 Å². The molecule has 3 heterocycles. The van der Waals surface area contributed by atoms with E-state index < -0.39 is 17.7 Å². The van der Waals surface area contributed by atoms with Crippen molar-refractivity contribution in [1.82, 2.24) is 14.9 Å². The highest BCUT2D eigenvalue weighted by molar-refractivity contribution is 6.39. The maximum atomic E-state index is 12.8. The first-order chi connectivity index (χ1) is 13.0. The molecule has 2 aromatic rings. The van der Waals surface area contributed by atoms with Crippen molar-refractivity contribution in [1.29, 1.82) is 0 Å². The van der Waals surface area contributed by atoms with Gasteiger partial charge in [-0.3, -0.25) is 24.4 Å². The molecule has 0 aliphatic carbocycles. The number of amides is 3. The van der Waals surface area contributed by atoms with Crippen LogP contribution in [0.4, 0.5) is 5.69 Å². The summed E-state index contributed by atoms with van der Waals surface area (Å²) >= 11 is 0. The lowest BCUT2D eigenvalue weighted by atomic mass is 9.92. The molecule has 8 heteroatoms. The number of nitrogens with one attached hydrogen (secondary N) is 1. The number of piperidine rings is 1. The Morgan fingerprint density at radius 1 is 1.22 bits per heavy atom. The van der Waals surface area contributed by atoms with E-state index >= 15 is 0 Å². The van der Waals surface area contributed by atoms with E-state index in [1.54, 1.807) is 11.1 Å². The lowest BCUT2D eigenvalue weighted by Gasteiger charge is -2.37. The number of carbonyl (C=O) groups excluding carboxylic acids is 3. The Morgan fingerprint density at radius 2 is 2.04 bits per heavy atom. The average Bonchev–Trinajstić information content (AvgIpc) is 2.68. The monoisotopic (exact) mass is 367 g/mol. The lowest BCUT2D eigenvalue weighted by Crippen LogP contribution is -2.46. The van der Waals surface area contributed by atoms with Crippen molar-refractivity contribution in [2.45, 2.75) is 25.8 Å². The van der Waals surface area contributed by atoms with Crippen LogP contribution in [0, 0.1) is 5.92 Å². The zero-order chi connectivity index (χ0) is 19.4. The highest BCUT2D eigenvalue weighted by Gasteiger charge is 2.34. The van der Waals surface area contributed by atoms with Gasteiger partial charge < -0.3 is 16.0 Å². The van der Waals surface area contributed by atoms with Crippen LogP contribution in [-0.4, -0.2) is 39.1 Å². The number of nitrogens with two attached hydrogens (primary N) is 1. The van der Waals surface area contributed by atoms with Gasteiger partial charge in [0.25, 0.3) is 0 Å². The van der Waals surface area contributed by atoms with Crippen molar-refractivity contribution >= 4 is 23.4 Å². The van der Waals surface area contributed by atoms with Gasteiger partial charge in [-0.05, 0) is 37.0 Å². The minimum atomic E-state index is -0.784. The van der Waals surface area contributed by atoms with Gasteiger partial charge in [0.05, 0.1) is 29.2 Å². The molecule has 0 bridgehead atoms. The smallest absolute Gasteiger partial charge is 0.313 e. The zero-order valence-electron chi connectivity index (χ0n) is 15.0. The Labute approximate surface area is 156 Å². The van der Waals surface area contributed by atoms with Gasteiger partial charge in [0.2, 0.25) is 5.91 Å². The highest BCUT2D eigenvalue weighted by Crippen LogP contribution is 2.32. The van der Waals surface area contributed by atoms with E-state index in [-0.39, 0.29) is 17.3 Å². The molecule has 1 saturated heterocycles. The van der Waals surface area contributed by atoms with Crippen LogP contribution in [-0.2, 0) is 9.59 Å². The lowest BCUT2D eigenvalue weighted by molar-refractivity contribution is -0.146. The molecule has 27 heavy (non-hydrogen) atoms. The topological polar surface area (TPSA) is 118 Å². The summed E-state index contributed by atoms with van der Waals surface area (Å²) in [6.07, 6.45) is 6.03. The van der Waals surface area contributed by atoms with Crippen molar-refractivity contribution in [3.8, 4) is 0 Å². The van der Waals surface area contributed by atoms with Gasteiger partial charge in [-0.25, -0.2) is 0 Å². The van der Waals surface area contributed by atoms with Gasteiger partial charge in [-0.1, -0.05) is 13.0 Å². The van der Waals surface area contributed by atoms with Gasteiger partial charge in [-0.2, -0.15) is 0 Å². The summed E-state index contributed by atoms with van der Waals surface area (Å²) in [7, 11) is 0. The van der Waals surface area contributed by atoms with Crippen molar-refractivity contribution in [3.63, 3.8) is 0 Å². The molecule has 3 amide bonds. The highest BCUT2D eigenvalue weighted by atomic mass is 16.2. The fraction of sp³-hybridized carbons (Fsp3) is 0.316. The normalized spacial score (nSPS) is 19.4. The van der Waals surface area contributed by atoms with Gasteiger partial charge in [0, 0.05) is 18.9 Å². The molecule has 0 saturated carbocycles. The van der Waals surface area contributed by atoms with Crippen LogP contribution in [0.15, 0.2) is 42.9 Å². The minimum Gasteiger partial charge on any atom is -0.366 e. The summed E-state index contributed by atoms with van der Waals surface area (Å²) in [6, 6.07) is 6.68. The maximum absolute atomic E-state index is 12.8. The van der Waals surface area contributed by atoms with E-state index in [2.05, 4.69) is 15.3 Å². The molecule has 8 nitrogen and oxygen atoms in total. The third-order valence-electron chi connectivity index (χ3n) is 4.58. The van der Waals surface area contributed by atoms with Crippen LogP contribution in [0.5, 0.6) is 0 Å². The standard InChI is InChI=1S/C19H21N5O3/c1-12-5-6-16(15-4-2-3-7-22-15)24(11-12)19(27)18(26)23-14-8-13(17(20)25)9-21-10-14/h2-4,7-10,12,16H,5-6,11H2,1H3,(H2,20,25)(H,23,26)/t12-,16?/m1/s1. The molecular weight excluding hydrogens is 346 g/mol. The molecular formula is C19H21N5O3. The second-order valence-electron chi connectivity index (χ2n) is 6.69. The van der Waals surface area contributed by atoms with Crippen LogP contribution in [0.2, 0.25) is 0 Å². The quantitative estimate of drug-likeness (QED) is 0.797. The molecule has 0 aromatic carbocycles. The van der Waals surface area contributed by atoms with E-state index in [0.717, 1.165) is 18.5 Å². The molecule has 0 spiro atoms. The number of likely N-dealkylation sites (tertiary alicyclic amines) is 1. The summed E-state index contributed by atoms with van der Waals surface area (Å²) in [6.45, 7) is 2.53. The Hall–Kier alpha value is -3.29. The second-order valence-corrected chi connectivity index (χ2v) is 6.69. The van der Waals surface area contributed by atoms with E-state index in [4.69, 9.17) is 5.73 Å². The largest absolute Gasteiger partial charge is 0.366 e. The molecule has 3 N–H and O–H groups in total. The Morgan fingerprint density at radius 3 is 2.74 bits per heavy atom. The number of rotatable bonds is 3. The second kappa shape index (κ2) is 7.94. The number of pyridine rings is 2. The zero-order valence-corrected chi connectivity index (χ0v) is 15.0. The number of hydrogen-bond donors (Lipinski definition) is 2. The Balaban J connectivity index is 1.78. The van der Waals surface area contributed by atoms with Gasteiger partial charge in [0.15, 0.2) is 0 Å². The SMILES string of the molecule is C[C@@H]1CCC(c2ccccn2)N(C(=O)C(=O)Nc2cncc(C(N)=O)c2)C1. The molecule has 1 fully saturated rings. The molecule has 1 unspecified atom stereocenters. The molecule has 0 radical (unpaired) electrons. The molecule has 3 rings (SSSR count). The number of hydrogen-bond acceptors (Lipinski definition) is 5. The summed E-state index contributed by atoms with van der Waals surface area (Å²) in [5.41, 5.74) is 6.37. The number of anilines is 1. The number of carbonyl (C=O) groups is 3. The fourth-order valence-corrected chi connectivity index (χ4v) is 3.22. The van der Waals surface area contributed by atoms with Gasteiger partial charge in [0.1, 0.15) is 0 Å². The molecule has 140 valence electrons. The predicted molar refractivity (Wildman–Crippen MR) is 98.5 cm³/mol. The van der Waals surface area contributed by atoms with E-state index in [9.17, 15) is 14.4 Å². The first kappa shape index (κ1) is 18.5. The minimum absolute atomic E-state index is 0.151.